The first-order valence-corrected chi connectivity index (χ1v) is 9.91. The lowest BCUT2D eigenvalue weighted by Crippen LogP contribution is -2.40. The molecule has 0 amide bonds. The van der Waals surface area contributed by atoms with E-state index < -0.39 is 0 Å². The molecule has 1 nitrogen and oxygen atoms in total. The molecule has 0 bridgehead atoms. The summed E-state index contributed by atoms with van der Waals surface area (Å²) in [6.07, 6.45) is 13.8. The Balaban J connectivity index is 3.64. The number of hydrogen-bond acceptors (Lipinski definition) is 1. The van der Waals surface area contributed by atoms with Gasteiger partial charge in [0.2, 0.25) is 0 Å². The lowest BCUT2D eigenvalue weighted by Gasteiger charge is -2.28. The molecule has 0 aliphatic carbocycles. The number of hydrogen-bond donors (Lipinski definition) is 1. The van der Waals surface area contributed by atoms with Crippen LogP contribution < -0.4 is 5.32 Å². The van der Waals surface area contributed by atoms with Gasteiger partial charge in [-0.3, -0.25) is 0 Å². The van der Waals surface area contributed by atoms with Crippen LogP contribution >= 0.6 is 0 Å². The van der Waals surface area contributed by atoms with Gasteiger partial charge >= 0.3 is 0 Å². The average molecular weight is 312 g/mol. The second-order valence-corrected chi connectivity index (χ2v) is 9.34. The molecule has 1 unspecified atom stereocenters. The Kier molecular flexibility index (Phi) is 11.5. The first kappa shape index (κ1) is 22.0. The maximum Gasteiger partial charge on any atom is 0.0125 e. The van der Waals surface area contributed by atoms with Crippen molar-refractivity contribution < 1.29 is 0 Å². The molecule has 0 radical (unpaired) electrons. The fourth-order valence-electron chi connectivity index (χ4n) is 3.42. The van der Waals surface area contributed by atoms with Gasteiger partial charge in [0, 0.05) is 5.54 Å². The third kappa shape index (κ3) is 14.9. The van der Waals surface area contributed by atoms with E-state index in [2.05, 4.69) is 53.8 Å². The lowest BCUT2D eigenvalue weighted by atomic mass is 9.84. The number of nitrogens with one attached hydrogen (secondary N) is 1. The lowest BCUT2D eigenvalue weighted by molar-refractivity contribution is 0.278. The van der Waals surface area contributed by atoms with E-state index in [9.17, 15) is 0 Å². The van der Waals surface area contributed by atoms with Crippen LogP contribution in [-0.4, -0.2) is 12.1 Å². The molecule has 134 valence electrons. The normalized spacial score (nSPS) is 14.3. The molecule has 0 spiro atoms. The van der Waals surface area contributed by atoms with Gasteiger partial charge in [-0.05, 0) is 51.0 Å². The van der Waals surface area contributed by atoms with Crippen LogP contribution in [0.1, 0.15) is 113 Å². The molecule has 1 atom stereocenters. The monoisotopic (exact) mass is 311 g/mol. The van der Waals surface area contributed by atoms with Crippen molar-refractivity contribution in [2.75, 3.05) is 6.54 Å². The first-order chi connectivity index (χ1) is 10.2. The third-order valence-electron chi connectivity index (χ3n) is 4.61. The smallest absolute Gasteiger partial charge is 0.0125 e. The molecule has 0 fully saturated rings. The highest BCUT2D eigenvalue weighted by Crippen LogP contribution is 2.26. The Labute approximate surface area is 142 Å². The largest absolute Gasteiger partial charge is 0.312 e. The third-order valence-corrected chi connectivity index (χ3v) is 4.61. The molecule has 0 rings (SSSR count). The van der Waals surface area contributed by atoms with Crippen LogP contribution in [-0.2, 0) is 0 Å². The fourth-order valence-corrected chi connectivity index (χ4v) is 3.42. The molecule has 0 saturated carbocycles. The summed E-state index contributed by atoms with van der Waals surface area (Å²) in [4.78, 5) is 0. The standard InChI is InChI=1S/C21H45N/c1-8-9-10-11-12-13-14-16-21(6,7)22-17-15-19(2)18-20(3,4)5/h19,22H,8-18H2,1-7H3. The van der Waals surface area contributed by atoms with Crippen LogP contribution in [0.3, 0.4) is 0 Å². The summed E-state index contributed by atoms with van der Waals surface area (Å²) in [6.45, 7) is 17.6. The molecule has 0 aromatic carbocycles. The molecule has 0 heterocycles. The van der Waals surface area contributed by atoms with Gasteiger partial charge in [-0.1, -0.05) is 79.6 Å². The van der Waals surface area contributed by atoms with Crippen LogP contribution in [0.2, 0.25) is 0 Å². The summed E-state index contributed by atoms with van der Waals surface area (Å²) < 4.78 is 0. The zero-order valence-corrected chi connectivity index (χ0v) is 16.9. The van der Waals surface area contributed by atoms with Gasteiger partial charge in [0.25, 0.3) is 0 Å². The highest BCUT2D eigenvalue weighted by Gasteiger charge is 2.18. The Morgan fingerprint density at radius 2 is 1.36 bits per heavy atom. The van der Waals surface area contributed by atoms with Crippen molar-refractivity contribution in [3.8, 4) is 0 Å². The van der Waals surface area contributed by atoms with E-state index >= 15 is 0 Å². The Morgan fingerprint density at radius 3 is 1.91 bits per heavy atom. The predicted octanol–water partition coefficient (Wildman–Crippen LogP) is 6.96. The fraction of sp³-hybridized carbons (Fsp3) is 1.00. The zero-order chi connectivity index (χ0) is 17.1. The van der Waals surface area contributed by atoms with Gasteiger partial charge in [0.05, 0.1) is 0 Å². The summed E-state index contributed by atoms with van der Waals surface area (Å²) in [5, 5.41) is 3.79. The molecule has 1 N–H and O–H groups in total. The molecule has 1 heteroatoms. The Bertz CT molecular complexity index is 249. The van der Waals surface area contributed by atoms with E-state index in [1.54, 1.807) is 0 Å². The summed E-state index contributed by atoms with van der Waals surface area (Å²) in [6, 6.07) is 0. The maximum absolute atomic E-state index is 3.79. The quantitative estimate of drug-likeness (QED) is 0.363. The van der Waals surface area contributed by atoms with Crippen molar-refractivity contribution in [1.82, 2.24) is 5.32 Å². The second-order valence-electron chi connectivity index (χ2n) is 9.34. The molecule has 0 aromatic rings. The molecule has 22 heavy (non-hydrogen) atoms. The number of rotatable bonds is 13. The number of unbranched alkanes of at least 4 members (excludes halogenated alkanes) is 6. The van der Waals surface area contributed by atoms with E-state index in [1.165, 1.54) is 70.8 Å². The second kappa shape index (κ2) is 11.5. The van der Waals surface area contributed by atoms with Crippen molar-refractivity contribution in [1.29, 1.82) is 0 Å². The average Bonchev–Trinajstić information content (AvgIpc) is 2.35. The van der Waals surface area contributed by atoms with Crippen molar-refractivity contribution in [3.05, 3.63) is 0 Å². The van der Waals surface area contributed by atoms with Gasteiger partial charge < -0.3 is 5.32 Å². The molecular weight excluding hydrogens is 266 g/mol. The molecule has 0 aromatic heterocycles. The van der Waals surface area contributed by atoms with Crippen LogP contribution in [0.4, 0.5) is 0 Å². The van der Waals surface area contributed by atoms with Crippen molar-refractivity contribution in [3.63, 3.8) is 0 Å². The summed E-state index contributed by atoms with van der Waals surface area (Å²) in [5.74, 6) is 0.821. The Hall–Kier alpha value is -0.0400. The van der Waals surface area contributed by atoms with Crippen LogP contribution in [0.25, 0.3) is 0 Å². The van der Waals surface area contributed by atoms with Crippen molar-refractivity contribution in [2.45, 2.75) is 118 Å². The minimum absolute atomic E-state index is 0.310. The van der Waals surface area contributed by atoms with E-state index in [1.807, 2.05) is 0 Å². The maximum atomic E-state index is 3.79. The SMILES string of the molecule is CCCCCCCCCC(C)(C)NCCC(C)CC(C)(C)C. The van der Waals surface area contributed by atoms with Gasteiger partial charge in [-0.2, -0.15) is 0 Å². The summed E-state index contributed by atoms with van der Waals surface area (Å²) >= 11 is 0. The highest BCUT2D eigenvalue weighted by atomic mass is 14.9. The van der Waals surface area contributed by atoms with E-state index in [-0.39, 0.29) is 0 Å². The highest BCUT2D eigenvalue weighted by molar-refractivity contribution is 4.78. The van der Waals surface area contributed by atoms with E-state index in [4.69, 9.17) is 0 Å². The van der Waals surface area contributed by atoms with Gasteiger partial charge in [-0.15, -0.1) is 0 Å². The van der Waals surface area contributed by atoms with Gasteiger partial charge in [0.15, 0.2) is 0 Å². The molecular formula is C21H45N. The molecule has 0 aliphatic rings. The zero-order valence-electron chi connectivity index (χ0n) is 16.9. The first-order valence-electron chi connectivity index (χ1n) is 9.91. The predicted molar refractivity (Wildman–Crippen MR) is 103 cm³/mol. The van der Waals surface area contributed by atoms with Crippen LogP contribution in [0.15, 0.2) is 0 Å². The summed E-state index contributed by atoms with van der Waals surface area (Å²) in [5.41, 5.74) is 0.775. The van der Waals surface area contributed by atoms with Crippen LogP contribution in [0.5, 0.6) is 0 Å². The van der Waals surface area contributed by atoms with Gasteiger partial charge in [-0.25, -0.2) is 0 Å². The van der Waals surface area contributed by atoms with E-state index in [0.29, 0.717) is 11.0 Å². The minimum atomic E-state index is 0.310. The molecule has 0 saturated heterocycles. The van der Waals surface area contributed by atoms with Gasteiger partial charge in [0.1, 0.15) is 0 Å². The van der Waals surface area contributed by atoms with Crippen molar-refractivity contribution >= 4 is 0 Å². The van der Waals surface area contributed by atoms with E-state index in [0.717, 1.165) is 5.92 Å². The topological polar surface area (TPSA) is 12.0 Å². The summed E-state index contributed by atoms with van der Waals surface area (Å²) in [7, 11) is 0. The molecule has 0 aliphatic heterocycles. The van der Waals surface area contributed by atoms with Crippen molar-refractivity contribution in [2.24, 2.45) is 11.3 Å². The minimum Gasteiger partial charge on any atom is -0.312 e. The Morgan fingerprint density at radius 1 is 0.818 bits per heavy atom. The van der Waals surface area contributed by atoms with Crippen LogP contribution in [0, 0.1) is 11.3 Å².